The number of nitrogens with zero attached hydrogens (tertiary/aromatic N) is 3. The van der Waals surface area contributed by atoms with E-state index in [1.807, 2.05) is 25.1 Å². The monoisotopic (exact) mass is 487 g/mol. The van der Waals surface area contributed by atoms with Gasteiger partial charge in [0.25, 0.3) is 5.89 Å². The average Bonchev–Trinajstić information content (AvgIpc) is 3.46. The lowest BCUT2D eigenvalue weighted by molar-refractivity contribution is -0.147. The van der Waals surface area contributed by atoms with Crippen molar-refractivity contribution in [2.75, 3.05) is 0 Å². The van der Waals surface area contributed by atoms with Crippen LogP contribution in [-0.4, -0.2) is 32.2 Å². The molecular weight excluding hydrogens is 464 g/mol. The molecule has 2 heterocycles. The van der Waals surface area contributed by atoms with E-state index >= 15 is 4.39 Å². The molecule has 8 heteroatoms. The Morgan fingerprint density at radius 1 is 1.00 bits per heavy atom. The maximum Gasteiger partial charge on any atom is 0.306 e. The van der Waals surface area contributed by atoms with Gasteiger partial charge >= 0.3 is 5.97 Å². The third-order valence-electron chi connectivity index (χ3n) is 7.30. The summed E-state index contributed by atoms with van der Waals surface area (Å²) < 4.78 is 34.1. The number of carboxylic acid groups (broad SMARTS) is 1. The predicted molar refractivity (Wildman–Crippen MR) is 129 cm³/mol. The molecule has 0 atom stereocenters. The molecule has 1 aromatic heterocycles. The van der Waals surface area contributed by atoms with Gasteiger partial charge in [0.2, 0.25) is 5.82 Å². The summed E-state index contributed by atoms with van der Waals surface area (Å²) >= 11 is 0. The third kappa shape index (κ3) is 3.97. The molecule has 0 radical (unpaired) electrons. The van der Waals surface area contributed by atoms with Crippen molar-refractivity contribution in [2.24, 2.45) is 5.92 Å². The fourth-order valence-electron chi connectivity index (χ4n) is 5.17. The predicted octanol–water partition coefficient (Wildman–Crippen LogP) is 5.84. The van der Waals surface area contributed by atoms with Crippen LogP contribution < -0.4 is 0 Å². The Morgan fingerprint density at radius 3 is 2.58 bits per heavy atom. The number of benzene rings is 3. The van der Waals surface area contributed by atoms with Gasteiger partial charge in [-0.1, -0.05) is 29.4 Å². The molecule has 2 aliphatic rings. The van der Waals surface area contributed by atoms with E-state index in [2.05, 4.69) is 15.0 Å². The van der Waals surface area contributed by atoms with Gasteiger partial charge in [-0.3, -0.25) is 9.69 Å². The zero-order valence-corrected chi connectivity index (χ0v) is 19.5. The molecule has 4 aromatic rings. The Bertz CT molecular complexity index is 1490. The van der Waals surface area contributed by atoms with Crippen molar-refractivity contribution >= 4 is 5.97 Å². The van der Waals surface area contributed by atoms with Crippen molar-refractivity contribution in [3.63, 3.8) is 0 Å². The Balaban J connectivity index is 1.22. The van der Waals surface area contributed by atoms with E-state index in [1.165, 1.54) is 23.8 Å². The molecule has 1 aliphatic heterocycles. The second kappa shape index (κ2) is 8.64. The Hall–Kier alpha value is -3.91. The lowest BCUT2D eigenvalue weighted by Crippen LogP contribution is -2.44. The smallest absolute Gasteiger partial charge is 0.306 e. The lowest BCUT2D eigenvalue weighted by atomic mass is 9.79. The molecule has 0 spiro atoms. The van der Waals surface area contributed by atoms with E-state index in [9.17, 15) is 9.18 Å². The first-order valence-electron chi connectivity index (χ1n) is 11.8. The highest BCUT2D eigenvalue weighted by molar-refractivity contribution is 5.72. The minimum absolute atomic E-state index is 0.0766. The van der Waals surface area contributed by atoms with Crippen LogP contribution in [-0.2, 0) is 17.9 Å². The number of aromatic nitrogens is 2. The van der Waals surface area contributed by atoms with Gasteiger partial charge in [0.15, 0.2) is 0 Å². The average molecular weight is 488 g/mol. The van der Waals surface area contributed by atoms with Crippen LogP contribution in [0.5, 0.6) is 0 Å². The molecule has 1 fully saturated rings. The van der Waals surface area contributed by atoms with Crippen LogP contribution in [0.4, 0.5) is 8.78 Å². The van der Waals surface area contributed by atoms with Crippen LogP contribution in [0.15, 0.2) is 59.1 Å². The van der Waals surface area contributed by atoms with E-state index in [1.54, 1.807) is 18.2 Å². The Morgan fingerprint density at radius 2 is 1.81 bits per heavy atom. The number of carboxylic acids is 1. The van der Waals surface area contributed by atoms with Gasteiger partial charge < -0.3 is 9.63 Å². The van der Waals surface area contributed by atoms with Crippen LogP contribution in [0.2, 0.25) is 0 Å². The van der Waals surface area contributed by atoms with Gasteiger partial charge in [-0.15, -0.1) is 0 Å². The van der Waals surface area contributed by atoms with Crippen molar-refractivity contribution in [3.05, 3.63) is 82.9 Å². The van der Waals surface area contributed by atoms with Gasteiger partial charge in [0.05, 0.1) is 11.5 Å². The largest absolute Gasteiger partial charge is 0.481 e. The van der Waals surface area contributed by atoms with Crippen molar-refractivity contribution in [1.82, 2.24) is 15.0 Å². The van der Waals surface area contributed by atoms with Gasteiger partial charge in [0.1, 0.15) is 11.6 Å². The van der Waals surface area contributed by atoms with Crippen LogP contribution in [0.3, 0.4) is 0 Å². The van der Waals surface area contributed by atoms with Gasteiger partial charge in [0, 0.05) is 24.7 Å². The van der Waals surface area contributed by atoms with Crippen LogP contribution >= 0.6 is 0 Å². The standard InChI is InChI=1S/C28H23F2N3O3/c1-15-7-24(25(30)12-23(15)16-3-2-4-21(29)9-16)27-31-26(32-36-27)17-5-6-18-13-33(14-20(18)8-17)22-10-19(11-22)28(34)35/h2-9,12,19,22H,10-11,13-14H2,1H3,(H,34,35). The molecule has 1 aliphatic carbocycles. The maximum absolute atomic E-state index is 15.1. The fourth-order valence-corrected chi connectivity index (χ4v) is 5.17. The Kier molecular flexibility index (Phi) is 5.41. The second-order valence-electron chi connectivity index (χ2n) is 9.63. The summed E-state index contributed by atoms with van der Waals surface area (Å²) in [6.45, 7) is 3.37. The minimum Gasteiger partial charge on any atom is -0.481 e. The summed E-state index contributed by atoms with van der Waals surface area (Å²) in [7, 11) is 0. The molecule has 6 rings (SSSR count). The normalized spacial score (nSPS) is 19.2. The number of aryl methyl sites for hydroxylation is 1. The van der Waals surface area contributed by atoms with Gasteiger partial charge in [-0.05, 0) is 77.9 Å². The van der Waals surface area contributed by atoms with Crippen molar-refractivity contribution < 1.29 is 23.2 Å². The highest BCUT2D eigenvalue weighted by Gasteiger charge is 2.39. The number of halogens is 2. The van der Waals surface area contributed by atoms with Crippen molar-refractivity contribution in [1.29, 1.82) is 0 Å². The molecule has 3 aromatic carbocycles. The van der Waals surface area contributed by atoms with Crippen LogP contribution in [0.25, 0.3) is 34.0 Å². The summed E-state index contributed by atoms with van der Waals surface area (Å²) in [6.07, 6.45) is 1.38. The third-order valence-corrected chi connectivity index (χ3v) is 7.30. The zero-order valence-electron chi connectivity index (χ0n) is 19.5. The molecule has 36 heavy (non-hydrogen) atoms. The molecule has 0 unspecified atom stereocenters. The highest BCUT2D eigenvalue weighted by Crippen LogP contribution is 2.38. The molecule has 1 N–H and O–H groups in total. The topological polar surface area (TPSA) is 79.5 Å². The number of rotatable bonds is 5. The number of hydrogen-bond acceptors (Lipinski definition) is 5. The highest BCUT2D eigenvalue weighted by atomic mass is 19.1. The molecule has 0 amide bonds. The SMILES string of the molecule is Cc1cc(-c2nc(-c3ccc4c(c3)CN(C3CC(C(=O)O)C3)C4)no2)c(F)cc1-c1cccc(F)c1. The zero-order chi connectivity index (χ0) is 25.0. The quantitative estimate of drug-likeness (QED) is 0.381. The first kappa shape index (κ1) is 22.5. The number of hydrogen-bond donors (Lipinski definition) is 1. The first-order chi connectivity index (χ1) is 17.4. The number of aliphatic carboxylic acids is 1. The van der Waals surface area contributed by atoms with E-state index in [4.69, 9.17) is 9.63 Å². The van der Waals surface area contributed by atoms with E-state index in [-0.39, 0.29) is 23.2 Å². The summed E-state index contributed by atoms with van der Waals surface area (Å²) in [5, 5.41) is 13.2. The molecule has 1 saturated carbocycles. The van der Waals surface area contributed by atoms with Gasteiger partial charge in [-0.2, -0.15) is 4.98 Å². The van der Waals surface area contributed by atoms with E-state index < -0.39 is 11.8 Å². The number of carbonyl (C=O) groups is 1. The van der Waals surface area contributed by atoms with Crippen molar-refractivity contribution in [2.45, 2.75) is 38.9 Å². The second-order valence-corrected chi connectivity index (χ2v) is 9.63. The summed E-state index contributed by atoms with van der Waals surface area (Å²) in [6, 6.07) is 15.3. The molecule has 182 valence electrons. The lowest BCUT2D eigenvalue weighted by Gasteiger charge is -2.39. The summed E-state index contributed by atoms with van der Waals surface area (Å²) in [5.74, 6) is -1.42. The molecule has 0 saturated heterocycles. The molecule has 6 nitrogen and oxygen atoms in total. The summed E-state index contributed by atoms with van der Waals surface area (Å²) in [4.78, 5) is 17.9. The Labute approximate surface area is 206 Å². The van der Waals surface area contributed by atoms with Gasteiger partial charge in [-0.25, -0.2) is 8.78 Å². The fraction of sp³-hybridized carbons (Fsp3) is 0.250. The van der Waals surface area contributed by atoms with E-state index in [0.717, 1.165) is 29.8 Å². The maximum atomic E-state index is 15.1. The van der Waals surface area contributed by atoms with Crippen molar-refractivity contribution in [3.8, 4) is 34.0 Å². The van der Waals surface area contributed by atoms with E-state index in [0.29, 0.717) is 35.8 Å². The van der Waals surface area contributed by atoms with Crippen LogP contribution in [0, 0.1) is 24.5 Å². The number of fused-ring (bicyclic) bond motifs is 1. The summed E-state index contributed by atoms with van der Waals surface area (Å²) in [5.41, 5.74) is 5.27. The minimum atomic E-state index is -0.714. The molecule has 0 bridgehead atoms. The van der Waals surface area contributed by atoms with Crippen LogP contribution in [0.1, 0.15) is 29.5 Å². The first-order valence-corrected chi connectivity index (χ1v) is 11.8. The molecular formula is C28H23F2N3O3.